The third-order valence-corrected chi connectivity index (χ3v) is 10.5. The van der Waals surface area contributed by atoms with Crippen LogP contribution in [0.3, 0.4) is 0 Å². The van der Waals surface area contributed by atoms with Gasteiger partial charge in [0, 0.05) is 19.4 Å². The van der Waals surface area contributed by atoms with Crippen LogP contribution >= 0.6 is 0 Å². The normalized spacial score (nSPS) is 13.5. The highest BCUT2D eigenvalue weighted by Crippen LogP contribution is 2.12. The predicted molar refractivity (Wildman–Crippen MR) is 297 cm³/mol. The maximum atomic E-state index is 12.8. The predicted octanol–water partition coefficient (Wildman–Crippen LogP) is 18.7. The van der Waals surface area contributed by atoms with Crippen LogP contribution in [0.1, 0.15) is 201 Å². The Hall–Kier alpha value is -4.48. The number of hydrogen-bond acceptors (Lipinski definition) is 5. The van der Waals surface area contributed by atoms with E-state index in [2.05, 4.69) is 179 Å². The Morgan fingerprint density at radius 1 is 0.324 bits per heavy atom. The standard InChI is InChI=1S/C63H98O5/c1-4-7-10-13-16-19-22-25-28-30-31-32-34-37-40-43-46-49-52-55-58-66-59-61(68-63(65)57-54-51-48-45-42-39-35-27-24-21-18-15-12-9-6-3)60-67-62(64)56-53-50-47-44-41-38-36-33-29-26-23-20-17-14-11-8-5-2/h7-12,16-21,25-29,31-32,35,37,40,42,45-46,49,61H,4-6,13-15,22-24,30,33-34,36,38-39,41,43-44,47-48,50-60H2,1-3H3/b10-7-,11-8-,12-9-,19-16-,20-17-,21-18-,28-25-,29-26-,32-31-,35-27-,40-37-,45-42-,49-46-. The number of esters is 2. The van der Waals surface area contributed by atoms with Gasteiger partial charge in [0.1, 0.15) is 6.61 Å². The molecule has 0 heterocycles. The van der Waals surface area contributed by atoms with Crippen LogP contribution in [-0.4, -0.2) is 37.9 Å². The van der Waals surface area contributed by atoms with Gasteiger partial charge < -0.3 is 14.2 Å². The molecule has 0 aliphatic carbocycles. The minimum absolute atomic E-state index is 0.0285. The first-order valence-corrected chi connectivity index (χ1v) is 27.0. The number of rotatable bonds is 47. The van der Waals surface area contributed by atoms with Gasteiger partial charge in [0.2, 0.25) is 0 Å². The van der Waals surface area contributed by atoms with Crippen LogP contribution in [0, 0.1) is 0 Å². The van der Waals surface area contributed by atoms with Crippen molar-refractivity contribution < 1.29 is 23.8 Å². The Bertz CT molecular complexity index is 1520. The Morgan fingerprint density at radius 2 is 0.618 bits per heavy atom. The molecule has 0 aromatic carbocycles. The molecular weight excluding hydrogens is 837 g/mol. The number of hydrogen-bond donors (Lipinski definition) is 0. The molecule has 0 fully saturated rings. The van der Waals surface area contributed by atoms with Gasteiger partial charge in [-0.25, -0.2) is 0 Å². The maximum Gasteiger partial charge on any atom is 0.306 e. The van der Waals surface area contributed by atoms with E-state index in [0.29, 0.717) is 19.4 Å². The lowest BCUT2D eigenvalue weighted by molar-refractivity contribution is -0.163. The fourth-order valence-electron chi connectivity index (χ4n) is 6.65. The summed E-state index contributed by atoms with van der Waals surface area (Å²) < 4.78 is 17.3. The van der Waals surface area contributed by atoms with Gasteiger partial charge in [-0.15, -0.1) is 0 Å². The maximum absolute atomic E-state index is 12.8. The molecule has 0 aliphatic heterocycles. The van der Waals surface area contributed by atoms with Crippen LogP contribution in [-0.2, 0) is 23.8 Å². The quantitative estimate of drug-likeness (QED) is 0.0346. The molecule has 5 heteroatoms. The van der Waals surface area contributed by atoms with Crippen LogP contribution in [0.2, 0.25) is 0 Å². The topological polar surface area (TPSA) is 61.8 Å². The zero-order chi connectivity index (χ0) is 49.2. The molecule has 0 aliphatic rings. The Kier molecular flexibility index (Phi) is 53.1. The summed E-state index contributed by atoms with van der Waals surface area (Å²) >= 11 is 0. The van der Waals surface area contributed by atoms with Gasteiger partial charge in [-0.1, -0.05) is 211 Å². The first-order valence-electron chi connectivity index (χ1n) is 27.0. The lowest BCUT2D eigenvalue weighted by Crippen LogP contribution is -2.30. The van der Waals surface area contributed by atoms with Gasteiger partial charge >= 0.3 is 11.9 Å². The van der Waals surface area contributed by atoms with E-state index in [0.717, 1.165) is 141 Å². The van der Waals surface area contributed by atoms with Crippen LogP contribution in [0.15, 0.2) is 158 Å². The van der Waals surface area contributed by atoms with Crippen LogP contribution in [0.4, 0.5) is 0 Å². The van der Waals surface area contributed by atoms with E-state index in [1.54, 1.807) is 0 Å². The van der Waals surface area contributed by atoms with E-state index in [1.165, 1.54) is 25.7 Å². The molecule has 0 saturated heterocycles. The molecule has 0 N–H and O–H groups in total. The second-order valence-corrected chi connectivity index (χ2v) is 17.0. The third kappa shape index (κ3) is 54.1. The molecule has 0 saturated carbocycles. The van der Waals surface area contributed by atoms with Gasteiger partial charge in [0.25, 0.3) is 0 Å². The number of unbranched alkanes of at least 4 members (excludes halogenated alkanes) is 10. The number of carbonyl (C=O) groups is 2. The summed E-state index contributed by atoms with van der Waals surface area (Å²) in [6.45, 7) is 7.26. The van der Waals surface area contributed by atoms with E-state index in [4.69, 9.17) is 14.2 Å². The van der Waals surface area contributed by atoms with E-state index in [1.807, 2.05) is 0 Å². The van der Waals surface area contributed by atoms with Crippen molar-refractivity contribution in [3.63, 3.8) is 0 Å². The zero-order valence-corrected chi connectivity index (χ0v) is 43.6. The molecule has 0 aromatic heterocycles. The van der Waals surface area contributed by atoms with Crippen molar-refractivity contribution in [2.45, 2.75) is 207 Å². The van der Waals surface area contributed by atoms with Gasteiger partial charge in [-0.2, -0.15) is 0 Å². The van der Waals surface area contributed by atoms with E-state index in [9.17, 15) is 9.59 Å². The largest absolute Gasteiger partial charge is 0.462 e. The van der Waals surface area contributed by atoms with Crippen molar-refractivity contribution in [1.29, 1.82) is 0 Å². The summed E-state index contributed by atoms with van der Waals surface area (Å²) in [4.78, 5) is 25.5. The molecule has 0 amide bonds. The molecule has 0 bridgehead atoms. The Balaban J connectivity index is 4.49. The number of allylic oxidation sites excluding steroid dienone is 26. The van der Waals surface area contributed by atoms with Crippen LogP contribution in [0.5, 0.6) is 0 Å². The Labute approximate surface area is 418 Å². The minimum atomic E-state index is -0.606. The molecule has 0 spiro atoms. The van der Waals surface area contributed by atoms with Gasteiger partial charge in [-0.05, 0) is 135 Å². The second kappa shape index (κ2) is 56.8. The van der Waals surface area contributed by atoms with Gasteiger partial charge in [0.15, 0.2) is 6.10 Å². The molecule has 0 rings (SSSR count). The molecule has 5 nitrogen and oxygen atoms in total. The lowest BCUT2D eigenvalue weighted by Gasteiger charge is -2.18. The zero-order valence-electron chi connectivity index (χ0n) is 43.6. The smallest absolute Gasteiger partial charge is 0.306 e. The highest BCUT2D eigenvalue weighted by atomic mass is 16.6. The first kappa shape index (κ1) is 63.5. The summed E-state index contributed by atoms with van der Waals surface area (Å²) in [6.07, 6.45) is 84.1. The molecule has 1 unspecified atom stereocenters. The van der Waals surface area contributed by atoms with Gasteiger partial charge in [0.05, 0.1) is 6.61 Å². The average Bonchev–Trinajstić information content (AvgIpc) is 3.34. The average molecular weight is 935 g/mol. The van der Waals surface area contributed by atoms with Crippen molar-refractivity contribution in [3.05, 3.63) is 158 Å². The third-order valence-electron chi connectivity index (χ3n) is 10.5. The van der Waals surface area contributed by atoms with E-state index < -0.39 is 6.10 Å². The van der Waals surface area contributed by atoms with E-state index >= 15 is 0 Å². The summed E-state index contributed by atoms with van der Waals surface area (Å²) in [5.41, 5.74) is 0. The van der Waals surface area contributed by atoms with Crippen molar-refractivity contribution in [3.8, 4) is 0 Å². The van der Waals surface area contributed by atoms with Crippen LogP contribution in [0.25, 0.3) is 0 Å². The second-order valence-electron chi connectivity index (χ2n) is 17.0. The highest BCUT2D eigenvalue weighted by Gasteiger charge is 2.17. The number of ether oxygens (including phenoxy) is 3. The molecule has 1 atom stereocenters. The SMILES string of the molecule is CC/C=C\C/C=C\C/C=C\C/C=C\C/C=C\C/C=C\CCCOCC(COC(=O)CCCCCCCCC/C=C\C/C=C\C/C=C\CC)OC(=O)CCCC/C=C\C/C=C\C/C=C\C/C=C\CC. The summed E-state index contributed by atoms with van der Waals surface area (Å²) in [5.74, 6) is -0.502. The first-order chi connectivity index (χ1) is 33.6. The van der Waals surface area contributed by atoms with Crippen molar-refractivity contribution in [1.82, 2.24) is 0 Å². The molecule has 0 radical (unpaired) electrons. The van der Waals surface area contributed by atoms with Gasteiger partial charge in [-0.3, -0.25) is 9.59 Å². The lowest BCUT2D eigenvalue weighted by atomic mass is 10.1. The molecular formula is C63H98O5. The van der Waals surface area contributed by atoms with Crippen molar-refractivity contribution in [2.75, 3.05) is 19.8 Å². The van der Waals surface area contributed by atoms with E-state index in [-0.39, 0.29) is 25.2 Å². The van der Waals surface area contributed by atoms with Crippen molar-refractivity contribution in [2.24, 2.45) is 0 Å². The molecule has 68 heavy (non-hydrogen) atoms. The summed E-state index contributed by atoms with van der Waals surface area (Å²) in [6, 6.07) is 0. The molecule has 0 aromatic rings. The molecule has 380 valence electrons. The summed E-state index contributed by atoms with van der Waals surface area (Å²) in [7, 11) is 0. The van der Waals surface area contributed by atoms with Crippen LogP contribution < -0.4 is 0 Å². The fraction of sp³-hybridized carbons (Fsp3) is 0.556. The van der Waals surface area contributed by atoms with Crippen molar-refractivity contribution >= 4 is 11.9 Å². The summed E-state index contributed by atoms with van der Waals surface area (Å²) in [5, 5.41) is 0. The monoisotopic (exact) mass is 935 g/mol. The fourth-order valence-corrected chi connectivity index (χ4v) is 6.65. The highest BCUT2D eigenvalue weighted by molar-refractivity contribution is 5.70. The minimum Gasteiger partial charge on any atom is -0.462 e. The number of carbonyl (C=O) groups excluding carboxylic acids is 2. The Morgan fingerprint density at radius 3 is 1.01 bits per heavy atom.